The molecule has 44 heavy (non-hydrogen) atoms. The van der Waals surface area contributed by atoms with Crippen molar-refractivity contribution in [2.24, 2.45) is 5.10 Å². The molecule has 0 unspecified atom stereocenters. The molecule has 3 aromatic carbocycles. The van der Waals surface area contributed by atoms with E-state index in [9.17, 15) is 22.8 Å². The third kappa shape index (κ3) is 10.0. The number of nitrogens with one attached hydrogen (secondary N) is 3. The van der Waals surface area contributed by atoms with Crippen molar-refractivity contribution in [3.63, 3.8) is 0 Å². The van der Waals surface area contributed by atoms with Gasteiger partial charge in [0.2, 0.25) is 15.9 Å². The third-order valence-electron chi connectivity index (χ3n) is 6.54. The van der Waals surface area contributed by atoms with E-state index in [-0.39, 0.29) is 36.0 Å². The largest absolute Gasteiger partial charge is 0.484 e. The van der Waals surface area contributed by atoms with Crippen molar-refractivity contribution in [2.75, 3.05) is 31.6 Å². The zero-order chi connectivity index (χ0) is 31.4. The van der Waals surface area contributed by atoms with Gasteiger partial charge in [0, 0.05) is 32.3 Å². The first-order chi connectivity index (χ1) is 21.2. The third-order valence-corrected chi connectivity index (χ3v) is 8.34. The van der Waals surface area contributed by atoms with Gasteiger partial charge in [0.15, 0.2) is 6.61 Å². The second-order valence-corrected chi connectivity index (χ2v) is 12.0. The average molecular weight is 622 g/mol. The number of hydrogen-bond donors (Lipinski definition) is 3. The molecule has 1 saturated heterocycles. The Hall–Kier alpha value is -4.59. The van der Waals surface area contributed by atoms with Crippen LogP contribution in [0.3, 0.4) is 0 Å². The molecule has 0 aromatic heterocycles. The van der Waals surface area contributed by atoms with Crippen LogP contribution in [0.25, 0.3) is 0 Å². The fourth-order valence-electron chi connectivity index (χ4n) is 4.33. The number of hydrogen-bond acceptors (Lipinski definition) is 8. The van der Waals surface area contributed by atoms with E-state index in [4.69, 9.17) is 9.47 Å². The first-order valence-corrected chi connectivity index (χ1v) is 15.5. The number of carbonyl (C=O) groups is 3. The van der Waals surface area contributed by atoms with Gasteiger partial charge in [-0.05, 0) is 72.5 Å². The molecule has 3 amide bonds. The summed E-state index contributed by atoms with van der Waals surface area (Å²) in [6.45, 7) is 1.90. The molecule has 0 saturated carbocycles. The number of carbonyl (C=O) groups excluding carboxylic acids is 3. The number of benzene rings is 3. The number of nitrogens with zero attached hydrogens (tertiary/aromatic N) is 2. The Balaban J connectivity index is 1.32. The van der Waals surface area contributed by atoms with Gasteiger partial charge in [-0.25, -0.2) is 13.8 Å². The SMILES string of the molecule is CC(=O)Nc1ccc(S(=O)(=O)N(CC(=O)N/N=C/c2ccc(OCC(=O)NC[C@H]3CCCO3)cc2)Cc2ccccc2)cc1. The van der Waals surface area contributed by atoms with Crippen molar-refractivity contribution in [3.8, 4) is 5.75 Å². The van der Waals surface area contributed by atoms with Crippen LogP contribution in [0.15, 0.2) is 88.9 Å². The molecule has 1 heterocycles. The Bertz CT molecular complexity index is 1540. The highest BCUT2D eigenvalue weighted by Gasteiger charge is 2.27. The van der Waals surface area contributed by atoms with Gasteiger partial charge in [0.25, 0.3) is 11.8 Å². The molecule has 232 valence electrons. The van der Waals surface area contributed by atoms with E-state index in [0.717, 1.165) is 23.8 Å². The molecule has 0 aliphatic carbocycles. The molecule has 0 radical (unpaired) electrons. The molecule has 3 aromatic rings. The molecule has 12 nitrogen and oxygen atoms in total. The van der Waals surface area contributed by atoms with Gasteiger partial charge < -0.3 is 20.1 Å². The lowest BCUT2D eigenvalue weighted by molar-refractivity contribution is -0.123. The minimum Gasteiger partial charge on any atom is -0.484 e. The summed E-state index contributed by atoms with van der Waals surface area (Å²) in [4.78, 5) is 36.1. The van der Waals surface area contributed by atoms with Crippen molar-refractivity contribution in [2.45, 2.75) is 37.3 Å². The highest BCUT2D eigenvalue weighted by molar-refractivity contribution is 7.89. The maximum atomic E-state index is 13.5. The van der Waals surface area contributed by atoms with Crippen LogP contribution < -0.4 is 20.8 Å². The van der Waals surface area contributed by atoms with E-state index in [1.54, 1.807) is 48.5 Å². The Morgan fingerprint density at radius 3 is 2.39 bits per heavy atom. The lowest BCUT2D eigenvalue weighted by atomic mass is 10.2. The lowest BCUT2D eigenvalue weighted by Gasteiger charge is -2.21. The molecular weight excluding hydrogens is 586 g/mol. The topological polar surface area (TPSA) is 156 Å². The van der Waals surface area contributed by atoms with Crippen molar-refractivity contribution in [3.05, 3.63) is 90.0 Å². The molecule has 0 spiro atoms. The molecule has 13 heteroatoms. The number of ether oxygens (including phenoxy) is 2. The Labute approximate surface area is 256 Å². The second-order valence-electron chi connectivity index (χ2n) is 10.1. The van der Waals surface area contributed by atoms with Crippen LogP contribution >= 0.6 is 0 Å². The van der Waals surface area contributed by atoms with E-state index in [1.807, 2.05) is 6.07 Å². The fraction of sp³-hybridized carbons (Fsp3) is 0.290. The number of amides is 3. The van der Waals surface area contributed by atoms with Gasteiger partial charge >= 0.3 is 0 Å². The number of sulfonamides is 1. The van der Waals surface area contributed by atoms with Gasteiger partial charge in [-0.3, -0.25) is 14.4 Å². The quantitative estimate of drug-likeness (QED) is 0.185. The highest BCUT2D eigenvalue weighted by atomic mass is 32.2. The molecule has 4 rings (SSSR count). The van der Waals surface area contributed by atoms with Gasteiger partial charge in [-0.2, -0.15) is 9.41 Å². The lowest BCUT2D eigenvalue weighted by Crippen LogP contribution is -2.39. The summed E-state index contributed by atoms with van der Waals surface area (Å²) in [5, 5.41) is 9.35. The minimum absolute atomic E-state index is 0.0264. The molecule has 3 N–H and O–H groups in total. The summed E-state index contributed by atoms with van der Waals surface area (Å²) in [6, 6.07) is 21.4. The summed E-state index contributed by atoms with van der Waals surface area (Å²) in [5.41, 5.74) is 4.17. The van der Waals surface area contributed by atoms with Crippen molar-refractivity contribution >= 4 is 39.6 Å². The van der Waals surface area contributed by atoms with E-state index < -0.39 is 22.5 Å². The standard InChI is InChI=1S/C31H35N5O7S/c1-23(37)34-26-11-15-29(16-12-26)44(40,41)36(20-25-6-3-2-4-7-25)21-30(38)35-33-18-24-9-13-27(14-10-24)43-22-31(39)32-19-28-8-5-17-42-28/h2-4,6-7,9-16,18,28H,5,8,17,19-22H2,1H3,(H,32,39)(H,34,37)(H,35,38)/b33-18+/t28-/m1/s1. The van der Waals surface area contributed by atoms with Crippen LogP contribution in [0, 0.1) is 0 Å². The second kappa shape index (κ2) is 15.8. The molecule has 1 aliphatic heterocycles. The van der Waals surface area contributed by atoms with Crippen molar-refractivity contribution < 1.29 is 32.3 Å². The Morgan fingerprint density at radius 1 is 1.00 bits per heavy atom. The van der Waals surface area contributed by atoms with Gasteiger partial charge in [-0.1, -0.05) is 30.3 Å². The summed E-state index contributed by atoms with van der Waals surface area (Å²) < 4.78 is 39.1. The maximum absolute atomic E-state index is 13.5. The smallest absolute Gasteiger partial charge is 0.258 e. The van der Waals surface area contributed by atoms with Gasteiger partial charge in [0.05, 0.1) is 23.8 Å². The fourth-order valence-corrected chi connectivity index (χ4v) is 5.72. The number of rotatable bonds is 14. The van der Waals surface area contributed by atoms with Crippen LogP contribution in [-0.2, 0) is 35.7 Å². The number of hydrazone groups is 1. The normalized spacial score (nSPS) is 14.8. The molecular formula is C31H35N5O7S. The van der Waals surface area contributed by atoms with Gasteiger partial charge in [-0.15, -0.1) is 0 Å². The number of anilines is 1. The van der Waals surface area contributed by atoms with E-state index in [0.29, 0.717) is 29.1 Å². The molecule has 1 fully saturated rings. The average Bonchev–Trinajstić information content (AvgIpc) is 3.54. The summed E-state index contributed by atoms with van der Waals surface area (Å²) in [5.74, 6) is -0.660. The molecule has 1 aliphatic rings. The van der Waals surface area contributed by atoms with Crippen LogP contribution in [0.5, 0.6) is 5.75 Å². The highest BCUT2D eigenvalue weighted by Crippen LogP contribution is 2.21. The predicted octanol–water partition coefficient (Wildman–Crippen LogP) is 2.66. The molecule has 0 bridgehead atoms. The predicted molar refractivity (Wildman–Crippen MR) is 164 cm³/mol. The summed E-state index contributed by atoms with van der Waals surface area (Å²) in [7, 11) is -4.08. The van der Waals surface area contributed by atoms with Gasteiger partial charge in [0.1, 0.15) is 5.75 Å². The molecule has 1 atom stereocenters. The van der Waals surface area contributed by atoms with E-state index >= 15 is 0 Å². The monoisotopic (exact) mass is 621 g/mol. The van der Waals surface area contributed by atoms with E-state index in [2.05, 4.69) is 21.2 Å². The summed E-state index contributed by atoms with van der Waals surface area (Å²) in [6.07, 6.45) is 3.41. The summed E-state index contributed by atoms with van der Waals surface area (Å²) >= 11 is 0. The minimum atomic E-state index is -4.08. The van der Waals surface area contributed by atoms with Crippen LogP contribution in [0.2, 0.25) is 0 Å². The van der Waals surface area contributed by atoms with E-state index in [1.165, 1.54) is 37.4 Å². The zero-order valence-electron chi connectivity index (χ0n) is 24.3. The van der Waals surface area contributed by atoms with Crippen LogP contribution in [0.1, 0.15) is 30.9 Å². The van der Waals surface area contributed by atoms with Crippen molar-refractivity contribution in [1.82, 2.24) is 15.0 Å². The zero-order valence-corrected chi connectivity index (χ0v) is 25.1. The maximum Gasteiger partial charge on any atom is 0.258 e. The van der Waals surface area contributed by atoms with Crippen LogP contribution in [-0.4, -0.2) is 69.1 Å². The van der Waals surface area contributed by atoms with Crippen molar-refractivity contribution in [1.29, 1.82) is 0 Å². The Morgan fingerprint density at radius 2 is 1.73 bits per heavy atom. The van der Waals surface area contributed by atoms with Crippen LogP contribution in [0.4, 0.5) is 5.69 Å². The first-order valence-electron chi connectivity index (χ1n) is 14.0. The Kier molecular flexibility index (Phi) is 11.6. The first kappa shape index (κ1) is 32.3.